The highest BCUT2D eigenvalue weighted by Gasteiger charge is 2.43. The fourth-order valence-electron chi connectivity index (χ4n) is 2.32. The minimum absolute atomic E-state index is 0.0401. The number of rotatable bonds is 2. The summed E-state index contributed by atoms with van der Waals surface area (Å²) in [4.78, 5) is 12.2. The van der Waals surface area contributed by atoms with Gasteiger partial charge in [-0.05, 0) is 32.0 Å². The van der Waals surface area contributed by atoms with E-state index in [2.05, 4.69) is 20.1 Å². The average Bonchev–Trinajstić information content (AvgIpc) is 2.91. The normalized spacial score (nSPS) is 26.6. The molecule has 0 aliphatic carbocycles. The van der Waals surface area contributed by atoms with Crippen molar-refractivity contribution in [2.45, 2.75) is 19.6 Å². The van der Waals surface area contributed by atoms with E-state index in [1.54, 1.807) is 0 Å². The molecule has 0 spiro atoms. The summed E-state index contributed by atoms with van der Waals surface area (Å²) >= 11 is 0. The maximum absolute atomic E-state index is 12.9. The van der Waals surface area contributed by atoms with Crippen LogP contribution in [-0.2, 0) is 4.79 Å². The first-order valence-corrected chi connectivity index (χ1v) is 6.30. The second-order valence-corrected chi connectivity index (χ2v) is 5.27. The summed E-state index contributed by atoms with van der Waals surface area (Å²) in [6, 6.07) is 4.19. The number of carbonyl (C=O) groups excluding carboxylic acids is 1. The highest BCUT2D eigenvalue weighted by Crippen LogP contribution is 2.42. The van der Waals surface area contributed by atoms with Crippen LogP contribution in [0.1, 0.15) is 13.3 Å². The Bertz CT molecular complexity index is 557. The van der Waals surface area contributed by atoms with E-state index in [1.807, 2.05) is 6.92 Å². The molecule has 0 aromatic heterocycles. The number of anilines is 1. The first kappa shape index (κ1) is 13.1. The van der Waals surface area contributed by atoms with Crippen LogP contribution in [0.25, 0.3) is 0 Å². The zero-order chi connectivity index (χ0) is 14.4. The van der Waals surface area contributed by atoms with Gasteiger partial charge in [0.1, 0.15) is 0 Å². The lowest BCUT2D eigenvalue weighted by Crippen LogP contribution is -2.35. The third kappa shape index (κ3) is 2.29. The molecule has 1 aromatic rings. The van der Waals surface area contributed by atoms with E-state index in [1.165, 1.54) is 18.2 Å². The van der Waals surface area contributed by atoms with Crippen LogP contribution in [0.3, 0.4) is 0 Å². The summed E-state index contributed by atoms with van der Waals surface area (Å²) in [7, 11) is 0. The summed E-state index contributed by atoms with van der Waals surface area (Å²) in [6.45, 7) is 3.25. The monoisotopic (exact) mass is 284 g/mol. The van der Waals surface area contributed by atoms with Crippen molar-refractivity contribution in [2.24, 2.45) is 5.41 Å². The Morgan fingerprint density at radius 2 is 2.10 bits per heavy atom. The minimum Gasteiger partial charge on any atom is -0.395 e. The van der Waals surface area contributed by atoms with Gasteiger partial charge < -0.3 is 20.1 Å². The predicted octanol–water partition coefficient (Wildman–Crippen LogP) is 1.95. The Morgan fingerprint density at radius 1 is 1.35 bits per heavy atom. The van der Waals surface area contributed by atoms with Crippen molar-refractivity contribution in [3.8, 4) is 11.5 Å². The third-order valence-corrected chi connectivity index (χ3v) is 3.58. The number of ether oxygens (including phenoxy) is 2. The van der Waals surface area contributed by atoms with Gasteiger partial charge in [-0.25, -0.2) is 0 Å². The Kier molecular flexibility index (Phi) is 2.82. The molecule has 1 saturated heterocycles. The smallest absolute Gasteiger partial charge is 0.395 e. The van der Waals surface area contributed by atoms with Crippen LogP contribution in [0.15, 0.2) is 18.2 Å². The number of alkyl halides is 2. The first-order chi connectivity index (χ1) is 9.38. The van der Waals surface area contributed by atoms with Crippen LogP contribution in [0.4, 0.5) is 14.5 Å². The van der Waals surface area contributed by atoms with Crippen molar-refractivity contribution < 1.29 is 23.0 Å². The fraction of sp³-hybridized carbons (Fsp3) is 0.462. The number of carbonyl (C=O) groups is 1. The van der Waals surface area contributed by atoms with E-state index < -0.39 is 11.7 Å². The summed E-state index contributed by atoms with van der Waals surface area (Å²) < 4.78 is 34.4. The maximum atomic E-state index is 12.9. The van der Waals surface area contributed by atoms with Crippen LogP contribution in [0.5, 0.6) is 11.5 Å². The standard InChI is InChI=1S/C13H14F2N2O3/c1-12(4-5-16-7-12)11(18)17-8-2-3-9-10(6-8)20-13(14,15)19-9/h2-3,6,16H,4-5,7H2,1H3,(H,17,18). The fourth-order valence-corrected chi connectivity index (χ4v) is 2.32. The van der Waals surface area contributed by atoms with Gasteiger partial charge in [0.2, 0.25) is 5.91 Å². The van der Waals surface area contributed by atoms with Gasteiger partial charge in [0, 0.05) is 18.3 Å². The highest BCUT2D eigenvalue weighted by molar-refractivity contribution is 5.95. The quantitative estimate of drug-likeness (QED) is 0.871. The van der Waals surface area contributed by atoms with Crippen LogP contribution >= 0.6 is 0 Å². The van der Waals surface area contributed by atoms with E-state index in [9.17, 15) is 13.6 Å². The number of hydrogen-bond acceptors (Lipinski definition) is 4. The number of benzene rings is 1. The third-order valence-electron chi connectivity index (χ3n) is 3.58. The van der Waals surface area contributed by atoms with Gasteiger partial charge in [-0.3, -0.25) is 4.79 Å². The lowest BCUT2D eigenvalue weighted by molar-refractivity contribution is -0.286. The van der Waals surface area contributed by atoms with Gasteiger partial charge in [-0.15, -0.1) is 8.78 Å². The molecule has 1 amide bonds. The van der Waals surface area contributed by atoms with Crippen LogP contribution in [0, 0.1) is 5.41 Å². The maximum Gasteiger partial charge on any atom is 0.586 e. The van der Waals surface area contributed by atoms with Gasteiger partial charge >= 0.3 is 6.29 Å². The van der Waals surface area contributed by atoms with E-state index in [0.29, 0.717) is 12.2 Å². The van der Waals surface area contributed by atoms with Gasteiger partial charge in [-0.1, -0.05) is 0 Å². The topological polar surface area (TPSA) is 59.6 Å². The molecule has 1 fully saturated rings. The lowest BCUT2D eigenvalue weighted by atomic mass is 9.89. The second kappa shape index (κ2) is 4.31. The molecule has 20 heavy (non-hydrogen) atoms. The first-order valence-electron chi connectivity index (χ1n) is 6.30. The molecule has 0 radical (unpaired) electrons. The van der Waals surface area contributed by atoms with Gasteiger partial charge in [-0.2, -0.15) is 0 Å². The number of nitrogens with one attached hydrogen (secondary N) is 2. The zero-order valence-corrected chi connectivity index (χ0v) is 10.8. The van der Waals surface area contributed by atoms with E-state index in [-0.39, 0.29) is 17.4 Å². The molecule has 2 N–H and O–H groups in total. The molecular weight excluding hydrogens is 270 g/mol. The van der Waals surface area contributed by atoms with Crippen LogP contribution in [0.2, 0.25) is 0 Å². The Hall–Kier alpha value is -1.89. The summed E-state index contributed by atoms with van der Waals surface area (Å²) in [6.07, 6.45) is -2.91. The van der Waals surface area contributed by atoms with Crippen molar-refractivity contribution in [1.29, 1.82) is 0 Å². The van der Waals surface area contributed by atoms with Crippen molar-refractivity contribution >= 4 is 11.6 Å². The molecule has 0 bridgehead atoms. The SMILES string of the molecule is CC1(C(=O)Nc2ccc3c(c2)OC(F)(F)O3)CCNC1. The Labute approximate surface area is 114 Å². The largest absolute Gasteiger partial charge is 0.586 e. The van der Waals surface area contributed by atoms with Gasteiger partial charge in [0.25, 0.3) is 0 Å². The number of hydrogen-bond donors (Lipinski definition) is 2. The molecule has 2 heterocycles. The van der Waals surface area contributed by atoms with E-state index in [0.717, 1.165) is 13.0 Å². The molecular formula is C13H14F2N2O3. The van der Waals surface area contributed by atoms with Crippen molar-refractivity contribution in [3.05, 3.63) is 18.2 Å². The molecule has 1 unspecified atom stereocenters. The minimum atomic E-state index is -3.65. The Morgan fingerprint density at radius 3 is 2.80 bits per heavy atom. The van der Waals surface area contributed by atoms with Crippen LogP contribution in [-0.4, -0.2) is 25.3 Å². The number of amides is 1. The highest BCUT2D eigenvalue weighted by atomic mass is 19.3. The van der Waals surface area contributed by atoms with Crippen LogP contribution < -0.4 is 20.1 Å². The van der Waals surface area contributed by atoms with E-state index in [4.69, 9.17) is 0 Å². The molecule has 2 aliphatic heterocycles. The lowest BCUT2D eigenvalue weighted by Gasteiger charge is -2.21. The zero-order valence-electron chi connectivity index (χ0n) is 10.8. The van der Waals surface area contributed by atoms with Crippen molar-refractivity contribution in [1.82, 2.24) is 5.32 Å². The van der Waals surface area contributed by atoms with Gasteiger partial charge in [0.15, 0.2) is 11.5 Å². The predicted molar refractivity (Wildman–Crippen MR) is 66.9 cm³/mol. The van der Waals surface area contributed by atoms with Crippen molar-refractivity contribution in [3.63, 3.8) is 0 Å². The molecule has 2 aliphatic rings. The van der Waals surface area contributed by atoms with E-state index >= 15 is 0 Å². The molecule has 0 saturated carbocycles. The number of halogens is 2. The molecule has 108 valence electrons. The second-order valence-electron chi connectivity index (χ2n) is 5.27. The number of fused-ring (bicyclic) bond motifs is 1. The molecule has 5 nitrogen and oxygen atoms in total. The molecule has 1 atom stereocenters. The van der Waals surface area contributed by atoms with Crippen molar-refractivity contribution in [2.75, 3.05) is 18.4 Å². The molecule has 3 rings (SSSR count). The van der Waals surface area contributed by atoms with Gasteiger partial charge in [0.05, 0.1) is 5.41 Å². The average molecular weight is 284 g/mol. The molecule has 7 heteroatoms. The summed E-state index contributed by atoms with van der Waals surface area (Å²) in [5, 5.41) is 5.85. The summed E-state index contributed by atoms with van der Waals surface area (Å²) in [5.74, 6) is -0.266. The Balaban J connectivity index is 1.75. The molecule has 1 aromatic carbocycles. The summed E-state index contributed by atoms with van der Waals surface area (Å²) in [5.41, 5.74) is -0.0801.